The number of hydrogen-bond acceptors (Lipinski definition) is 4. The summed E-state index contributed by atoms with van der Waals surface area (Å²) in [6, 6.07) is 9.45. The maximum absolute atomic E-state index is 10.7. The maximum Gasteiger partial charge on any atom is 0.264 e. The molecule has 0 aliphatic heterocycles. The van der Waals surface area contributed by atoms with Crippen molar-refractivity contribution in [3.8, 4) is 6.07 Å². The molecule has 17 heavy (non-hydrogen) atoms. The van der Waals surface area contributed by atoms with Crippen LogP contribution in [-0.2, 0) is 20.7 Å². The van der Waals surface area contributed by atoms with E-state index in [4.69, 9.17) is 5.26 Å². The number of rotatable bonds is 6. The Balaban J connectivity index is 2.25. The van der Waals surface area contributed by atoms with Gasteiger partial charge in [0.2, 0.25) is 0 Å². The lowest BCUT2D eigenvalue weighted by Gasteiger charge is -2.02. The Hall–Kier alpha value is -1.38. The van der Waals surface area contributed by atoms with E-state index in [1.807, 2.05) is 12.1 Å². The van der Waals surface area contributed by atoms with Crippen LogP contribution in [0.15, 0.2) is 24.3 Å². The van der Waals surface area contributed by atoms with Crippen LogP contribution in [-0.4, -0.2) is 21.3 Å². The van der Waals surface area contributed by atoms with Crippen molar-refractivity contribution in [2.75, 3.05) is 12.9 Å². The molecule has 0 aliphatic carbocycles. The van der Waals surface area contributed by atoms with Crippen molar-refractivity contribution in [3.63, 3.8) is 0 Å². The molecule has 1 aromatic carbocycles. The average Bonchev–Trinajstić information content (AvgIpc) is 2.28. The van der Waals surface area contributed by atoms with Crippen LogP contribution in [0.4, 0.5) is 0 Å². The molecule has 0 saturated carbocycles. The van der Waals surface area contributed by atoms with Gasteiger partial charge in [-0.25, -0.2) is 0 Å². The minimum Gasteiger partial charge on any atom is -0.270 e. The van der Waals surface area contributed by atoms with Gasteiger partial charge < -0.3 is 0 Å². The summed E-state index contributed by atoms with van der Waals surface area (Å²) in [5, 5.41) is 8.63. The number of benzene rings is 1. The molecule has 0 fully saturated rings. The molecule has 4 nitrogen and oxygen atoms in total. The lowest BCUT2D eigenvalue weighted by Crippen LogP contribution is -2.04. The first-order chi connectivity index (χ1) is 8.01. The van der Waals surface area contributed by atoms with Crippen molar-refractivity contribution < 1.29 is 12.6 Å². The van der Waals surface area contributed by atoms with Gasteiger partial charge in [-0.15, -0.1) is 0 Å². The standard InChI is InChI=1S/C12H15NO3S/c1-17(14,15)16-9-3-2-4-11-5-7-12(10-13)8-6-11/h5-8H,2-4,9H2,1H3. The summed E-state index contributed by atoms with van der Waals surface area (Å²) < 4.78 is 26.0. The molecule has 0 atom stereocenters. The van der Waals surface area contributed by atoms with Crippen LogP contribution >= 0.6 is 0 Å². The molecule has 5 heteroatoms. The van der Waals surface area contributed by atoms with Crippen LogP contribution in [0.2, 0.25) is 0 Å². The molecular formula is C12H15NO3S. The van der Waals surface area contributed by atoms with E-state index >= 15 is 0 Å². The smallest absolute Gasteiger partial charge is 0.264 e. The second-order valence-corrected chi connectivity index (χ2v) is 5.44. The van der Waals surface area contributed by atoms with Gasteiger partial charge in [0.1, 0.15) is 0 Å². The summed E-state index contributed by atoms with van der Waals surface area (Å²) >= 11 is 0. The second-order valence-electron chi connectivity index (χ2n) is 3.79. The average molecular weight is 253 g/mol. The molecule has 1 aromatic rings. The molecule has 0 N–H and O–H groups in total. The third kappa shape index (κ3) is 6.05. The van der Waals surface area contributed by atoms with E-state index in [2.05, 4.69) is 10.3 Å². The van der Waals surface area contributed by atoms with E-state index in [1.165, 1.54) is 0 Å². The zero-order chi connectivity index (χ0) is 12.7. The van der Waals surface area contributed by atoms with Crippen LogP contribution in [0.5, 0.6) is 0 Å². The van der Waals surface area contributed by atoms with Crippen LogP contribution in [0.3, 0.4) is 0 Å². The first kappa shape index (κ1) is 13.7. The Labute approximate surface area is 102 Å². The third-order valence-corrected chi connectivity index (χ3v) is 2.84. The van der Waals surface area contributed by atoms with Crippen LogP contribution < -0.4 is 0 Å². The summed E-state index contributed by atoms with van der Waals surface area (Å²) in [5.41, 5.74) is 1.79. The summed E-state index contributed by atoms with van der Waals surface area (Å²) in [5.74, 6) is 0. The molecule has 0 bridgehead atoms. The Kier molecular flexibility index (Phi) is 5.13. The highest BCUT2D eigenvalue weighted by molar-refractivity contribution is 7.85. The van der Waals surface area contributed by atoms with Crippen LogP contribution in [0.25, 0.3) is 0 Å². The van der Waals surface area contributed by atoms with E-state index in [0.29, 0.717) is 12.0 Å². The predicted octanol–water partition coefficient (Wildman–Crippen LogP) is 1.86. The molecule has 0 saturated heterocycles. The van der Waals surface area contributed by atoms with E-state index < -0.39 is 10.1 Å². The van der Waals surface area contributed by atoms with Crippen molar-refractivity contribution >= 4 is 10.1 Å². The molecule has 0 unspecified atom stereocenters. The van der Waals surface area contributed by atoms with Gasteiger partial charge in [-0.2, -0.15) is 13.7 Å². The summed E-state index contributed by atoms with van der Waals surface area (Å²) in [4.78, 5) is 0. The summed E-state index contributed by atoms with van der Waals surface area (Å²) in [6.07, 6.45) is 3.47. The predicted molar refractivity (Wildman–Crippen MR) is 64.9 cm³/mol. The Morgan fingerprint density at radius 3 is 2.41 bits per heavy atom. The topological polar surface area (TPSA) is 67.2 Å². The fourth-order valence-electron chi connectivity index (χ4n) is 1.39. The maximum atomic E-state index is 10.7. The van der Waals surface area contributed by atoms with Crippen LogP contribution in [0, 0.1) is 11.3 Å². The zero-order valence-corrected chi connectivity index (χ0v) is 10.5. The van der Waals surface area contributed by atoms with E-state index in [-0.39, 0.29) is 6.61 Å². The molecular weight excluding hydrogens is 238 g/mol. The van der Waals surface area contributed by atoms with Gasteiger partial charge in [-0.1, -0.05) is 12.1 Å². The quantitative estimate of drug-likeness (QED) is 0.573. The molecule has 92 valence electrons. The minimum absolute atomic E-state index is 0.231. The van der Waals surface area contributed by atoms with Gasteiger partial charge >= 0.3 is 0 Å². The van der Waals surface area contributed by atoms with Gasteiger partial charge in [-0.3, -0.25) is 4.18 Å². The van der Waals surface area contributed by atoms with Gasteiger partial charge in [0, 0.05) is 0 Å². The molecule has 0 spiro atoms. The van der Waals surface area contributed by atoms with Crippen molar-refractivity contribution in [1.82, 2.24) is 0 Å². The van der Waals surface area contributed by atoms with Gasteiger partial charge in [-0.05, 0) is 37.0 Å². The Morgan fingerprint density at radius 2 is 1.88 bits per heavy atom. The fourth-order valence-corrected chi connectivity index (χ4v) is 1.81. The molecule has 0 radical (unpaired) electrons. The van der Waals surface area contributed by atoms with Gasteiger partial charge in [0.25, 0.3) is 10.1 Å². The largest absolute Gasteiger partial charge is 0.270 e. The molecule has 0 heterocycles. The second kappa shape index (κ2) is 6.38. The third-order valence-electron chi connectivity index (χ3n) is 2.24. The number of hydrogen-bond donors (Lipinski definition) is 0. The molecule has 1 rings (SSSR count). The summed E-state index contributed by atoms with van der Waals surface area (Å²) in [6.45, 7) is 0.231. The number of nitriles is 1. The minimum atomic E-state index is -3.31. The van der Waals surface area contributed by atoms with Crippen molar-refractivity contribution in [1.29, 1.82) is 5.26 Å². The van der Waals surface area contributed by atoms with E-state index in [1.54, 1.807) is 12.1 Å². The summed E-state index contributed by atoms with van der Waals surface area (Å²) in [7, 11) is -3.31. The highest BCUT2D eigenvalue weighted by atomic mass is 32.2. The molecule has 0 amide bonds. The Morgan fingerprint density at radius 1 is 1.24 bits per heavy atom. The van der Waals surface area contributed by atoms with E-state index in [0.717, 1.165) is 24.7 Å². The van der Waals surface area contributed by atoms with Crippen molar-refractivity contribution in [3.05, 3.63) is 35.4 Å². The molecule has 0 aromatic heterocycles. The van der Waals surface area contributed by atoms with Crippen LogP contribution in [0.1, 0.15) is 24.0 Å². The van der Waals surface area contributed by atoms with Gasteiger partial charge in [0.05, 0.1) is 24.5 Å². The Bertz CT molecular complexity index is 485. The van der Waals surface area contributed by atoms with Gasteiger partial charge in [0.15, 0.2) is 0 Å². The first-order valence-corrected chi connectivity index (χ1v) is 7.16. The highest BCUT2D eigenvalue weighted by Crippen LogP contribution is 2.07. The first-order valence-electron chi connectivity index (χ1n) is 5.35. The number of unbranched alkanes of at least 4 members (excludes halogenated alkanes) is 1. The lowest BCUT2D eigenvalue weighted by molar-refractivity contribution is 0.312. The normalized spacial score (nSPS) is 11.1. The van der Waals surface area contributed by atoms with E-state index in [9.17, 15) is 8.42 Å². The lowest BCUT2D eigenvalue weighted by atomic mass is 10.1. The SMILES string of the molecule is CS(=O)(=O)OCCCCc1ccc(C#N)cc1. The highest BCUT2D eigenvalue weighted by Gasteiger charge is 2.00. The molecule has 0 aliphatic rings. The fraction of sp³-hybridized carbons (Fsp3) is 0.417. The zero-order valence-electron chi connectivity index (χ0n) is 9.72. The number of aryl methyl sites for hydroxylation is 1. The number of nitrogens with zero attached hydrogens (tertiary/aromatic N) is 1. The monoisotopic (exact) mass is 253 g/mol. The van der Waals surface area contributed by atoms with Crippen molar-refractivity contribution in [2.24, 2.45) is 0 Å². The van der Waals surface area contributed by atoms with Crippen molar-refractivity contribution in [2.45, 2.75) is 19.3 Å².